The number of carbonyl (C=O) groups excluding carboxylic acids is 1. The fourth-order valence-electron chi connectivity index (χ4n) is 2.81. The van der Waals surface area contributed by atoms with Crippen LogP contribution in [0.1, 0.15) is 32.2 Å². The molecule has 0 radical (unpaired) electrons. The first-order valence-electron chi connectivity index (χ1n) is 8.45. The predicted molar refractivity (Wildman–Crippen MR) is 115 cm³/mol. The number of para-hydroxylation sites is 1. The zero-order valence-corrected chi connectivity index (χ0v) is 17.6. The molecule has 0 aliphatic rings. The van der Waals surface area contributed by atoms with Crippen LogP contribution < -0.4 is 11.3 Å². The third kappa shape index (κ3) is 3.95. The Labute approximate surface area is 170 Å². The fourth-order valence-corrected chi connectivity index (χ4v) is 4.51. The van der Waals surface area contributed by atoms with Gasteiger partial charge in [-0.15, -0.1) is 11.3 Å². The Morgan fingerprint density at radius 1 is 1.32 bits per heavy atom. The number of hydrogen-bond acceptors (Lipinski definition) is 7. The van der Waals surface area contributed by atoms with Crippen molar-refractivity contribution in [1.82, 2.24) is 9.97 Å². The van der Waals surface area contributed by atoms with E-state index in [1.807, 2.05) is 32.0 Å². The number of fused-ring (bicyclic) bond motifs is 1. The van der Waals surface area contributed by atoms with Crippen LogP contribution >= 0.6 is 23.1 Å². The van der Waals surface area contributed by atoms with Crippen LogP contribution in [0.4, 0.5) is 5.69 Å². The molecule has 0 fully saturated rings. The molecule has 0 saturated carbocycles. The fraction of sp³-hybridized carbons (Fsp3) is 0.263. The summed E-state index contributed by atoms with van der Waals surface area (Å²) in [5.41, 5.74) is 9.29. The standard InChI is InChI=1S/C19H20N4O3S2/c1-9-6-5-7-10(2)14(9)23-19(20)27-8-12-21-16(24)13-11(3)15(18(25)26-4)28-17(13)22-12/h5-7H,8H2,1-4H3,(H2,20,23)(H,21,22,24). The molecule has 0 bridgehead atoms. The predicted octanol–water partition coefficient (Wildman–Crippen LogP) is 3.58. The van der Waals surface area contributed by atoms with Crippen LogP contribution in [0.25, 0.3) is 10.2 Å². The lowest BCUT2D eigenvalue weighted by molar-refractivity contribution is 0.0605. The van der Waals surface area contributed by atoms with E-state index >= 15 is 0 Å². The van der Waals surface area contributed by atoms with E-state index in [1.54, 1.807) is 6.92 Å². The number of amidine groups is 1. The Bertz CT molecular complexity index is 1130. The maximum atomic E-state index is 12.5. The second-order valence-corrected chi connectivity index (χ2v) is 8.21. The monoisotopic (exact) mass is 416 g/mol. The summed E-state index contributed by atoms with van der Waals surface area (Å²) in [5, 5.41) is 0.800. The summed E-state index contributed by atoms with van der Waals surface area (Å²) in [7, 11) is 1.31. The highest BCUT2D eigenvalue weighted by Crippen LogP contribution is 2.28. The second-order valence-electron chi connectivity index (χ2n) is 6.22. The summed E-state index contributed by atoms with van der Waals surface area (Å²) in [5.74, 6) is 0.358. The summed E-state index contributed by atoms with van der Waals surface area (Å²) in [6, 6.07) is 5.94. The first kappa shape index (κ1) is 20.1. The smallest absolute Gasteiger partial charge is 0.348 e. The van der Waals surface area contributed by atoms with Gasteiger partial charge in [0.05, 0.1) is 23.9 Å². The topological polar surface area (TPSA) is 110 Å². The van der Waals surface area contributed by atoms with Crippen molar-refractivity contribution in [2.75, 3.05) is 7.11 Å². The number of nitrogens with one attached hydrogen (secondary N) is 1. The molecule has 3 aromatic rings. The average Bonchev–Trinajstić information content (AvgIpc) is 2.99. The molecule has 0 aliphatic carbocycles. The van der Waals surface area contributed by atoms with E-state index in [4.69, 9.17) is 10.5 Å². The number of nitrogens with two attached hydrogens (primary N) is 1. The van der Waals surface area contributed by atoms with E-state index in [0.29, 0.717) is 37.4 Å². The van der Waals surface area contributed by atoms with Crippen molar-refractivity contribution < 1.29 is 9.53 Å². The summed E-state index contributed by atoms with van der Waals surface area (Å²) in [4.78, 5) is 36.9. The molecule has 0 amide bonds. The van der Waals surface area contributed by atoms with Gasteiger partial charge in [0, 0.05) is 0 Å². The van der Waals surface area contributed by atoms with E-state index in [2.05, 4.69) is 15.0 Å². The van der Waals surface area contributed by atoms with Gasteiger partial charge in [-0.1, -0.05) is 30.0 Å². The Hall–Kier alpha value is -2.65. The molecular weight excluding hydrogens is 396 g/mol. The molecule has 0 unspecified atom stereocenters. The molecule has 0 aliphatic heterocycles. The molecule has 0 atom stereocenters. The van der Waals surface area contributed by atoms with Gasteiger partial charge in [0.25, 0.3) is 5.56 Å². The number of benzene rings is 1. The number of methoxy groups -OCH3 is 1. The van der Waals surface area contributed by atoms with E-state index in [-0.39, 0.29) is 5.56 Å². The number of hydrogen-bond donors (Lipinski definition) is 2. The number of aryl methyl sites for hydroxylation is 3. The van der Waals surface area contributed by atoms with Crippen LogP contribution in [0, 0.1) is 20.8 Å². The van der Waals surface area contributed by atoms with Gasteiger partial charge < -0.3 is 15.5 Å². The van der Waals surface area contributed by atoms with Crippen LogP contribution in [-0.2, 0) is 10.5 Å². The summed E-state index contributed by atoms with van der Waals surface area (Å²) >= 11 is 2.44. The van der Waals surface area contributed by atoms with Gasteiger partial charge in [0.15, 0.2) is 5.17 Å². The summed E-state index contributed by atoms with van der Waals surface area (Å²) < 4.78 is 4.77. The van der Waals surface area contributed by atoms with Crippen LogP contribution in [0.2, 0.25) is 0 Å². The maximum Gasteiger partial charge on any atom is 0.348 e. The minimum Gasteiger partial charge on any atom is -0.465 e. The molecule has 3 N–H and O–H groups in total. The SMILES string of the molecule is COC(=O)c1sc2nc(CSC(N)=Nc3c(C)cccc3C)[nH]c(=O)c2c1C. The minimum atomic E-state index is -0.471. The lowest BCUT2D eigenvalue weighted by atomic mass is 10.1. The largest absolute Gasteiger partial charge is 0.465 e. The number of ether oxygens (including phenoxy) is 1. The molecule has 2 heterocycles. The van der Waals surface area contributed by atoms with Crippen molar-refractivity contribution in [3.05, 3.63) is 55.9 Å². The van der Waals surface area contributed by atoms with Crippen molar-refractivity contribution in [1.29, 1.82) is 0 Å². The Kier molecular flexibility index (Phi) is 5.85. The molecule has 9 heteroatoms. The van der Waals surface area contributed by atoms with Crippen LogP contribution in [0.5, 0.6) is 0 Å². The molecule has 1 aromatic carbocycles. The van der Waals surface area contributed by atoms with E-state index in [1.165, 1.54) is 18.9 Å². The number of esters is 1. The van der Waals surface area contributed by atoms with Gasteiger partial charge >= 0.3 is 5.97 Å². The highest BCUT2D eigenvalue weighted by Gasteiger charge is 2.19. The maximum absolute atomic E-state index is 12.5. The average molecular weight is 417 g/mol. The lowest BCUT2D eigenvalue weighted by Gasteiger charge is -2.06. The van der Waals surface area contributed by atoms with Crippen LogP contribution in [0.3, 0.4) is 0 Å². The molecule has 3 rings (SSSR count). The zero-order valence-electron chi connectivity index (χ0n) is 16.0. The third-order valence-corrected chi connectivity index (χ3v) is 6.21. The van der Waals surface area contributed by atoms with Crippen molar-refractivity contribution in [3.8, 4) is 0 Å². The molecular formula is C19H20N4O3S2. The summed E-state index contributed by atoms with van der Waals surface area (Å²) in [6.07, 6.45) is 0. The van der Waals surface area contributed by atoms with Gasteiger partial charge in [0.1, 0.15) is 15.5 Å². The van der Waals surface area contributed by atoms with Crippen molar-refractivity contribution in [2.45, 2.75) is 26.5 Å². The van der Waals surface area contributed by atoms with Gasteiger partial charge in [-0.2, -0.15) is 0 Å². The number of aliphatic imine (C=N–C) groups is 1. The lowest BCUT2D eigenvalue weighted by Crippen LogP contribution is -2.13. The quantitative estimate of drug-likeness (QED) is 0.382. The normalized spacial score (nSPS) is 11.8. The van der Waals surface area contributed by atoms with E-state index in [9.17, 15) is 9.59 Å². The van der Waals surface area contributed by atoms with Gasteiger partial charge in [0.2, 0.25) is 0 Å². The number of carbonyl (C=O) groups is 1. The Balaban J connectivity index is 1.86. The molecule has 7 nitrogen and oxygen atoms in total. The number of thioether (sulfide) groups is 1. The van der Waals surface area contributed by atoms with E-state index in [0.717, 1.165) is 28.2 Å². The Morgan fingerprint density at radius 3 is 2.64 bits per heavy atom. The number of thiophene rings is 1. The van der Waals surface area contributed by atoms with Crippen molar-refractivity contribution >= 4 is 50.1 Å². The number of nitrogens with zero attached hydrogens (tertiary/aromatic N) is 2. The molecule has 2 aromatic heterocycles. The summed E-state index contributed by atoms with van der Waals surface area (Å²) in [6.45, 7) is 5.68. The Morgan fingerprint density at radius 2 is 2.00 bits per heavy atom. The molecule has 28 heavy (non-hydrogen) atoms. The first-order valence-corrected chi connectivity index (χ1v) is 10.3. The number of H-pyrrole nitrogens is 1. The van der Waals surface area contributed by atoms with Crippen molar-refractivity contribution in [2.24, 2.45) is 10.7 Å². The number of aromatic nitrogens is 2. The highest BCUT2D eigenvalue weighted by molar-refractivity contribution is 8.13. The molecule has 146 valence electrons. The van der Waals surface area contributed by atoms with Crippen LogP contribution in [0.15, 0.2) is 28.0 Å². The van der Waals surface area contributed by atoms with Crippen molar-refractivity contribution in [3.63, 3.8) is 0 Å². The van der Waals surface area contributed by atoms with E-state index < -0.39 is 5.97 Å². The third-order valence-electron chi connectivity index (χ3n) is 4.24. The number of rotatable bonds is 4. The van der Waals surface area contributed by atoms with Gasteiger partial charge in [-0.3, -0.25) is 4.79 Å². The highest BCUT2D eigenvalue weighted by atomic mass is 32.2. The van der Waals surface area contributed by atoms with Gasteiger partial charge in [-0.05, 0) is 37.5 Å². The first-order chi connectivity index (χ1) is 13.3. The number of aromatic amines is 1. The second kappa shape index (κ2) is 8.15. The molecule has 0 spiro atoms. The zero-order chi connectivity index (χ0) is 20.4. The minimum absolute atomic E-state index is 0.283. The van der Waals surface area contributed by atoms with Crippen LogP contribution in [-0.4, -0.2) is 28.2 Å². The van der Waals surface area contributed by atoms with Gasteiger partial charge in [-0.25, -0.2) is 14.8 Å². The molecule has 0 saturated heterocycles.